The maximum atomic E-state index is 12.3. The molecule has 0 aliphatic rings. The van der Waals surface area contributed by atoms with Gasteiger partial charge in [0.15, 0.2) is 0 Å². The van der Waals surface area contributed by atoms with Crippen LogP contribution in [0.1, 0.15) is 5.56 Å². The number of hydrogen-bond acceptors (Lipinski definition) is 2. The molecule has 0 heterocycles. The summed E-state index contributed by atoms with van der Waals surface area (Å²) >= 11 is 0. The monoisotopic (exact) mass is 292 g/mol. The summed E-state index contributed by atoms with van der Waals surface area (Å²) < 4.78 is 37.0. The third-order valence-corrected chi connectivity index (χ3v) is 1.85. The number of nitrogens with two attached hydrogens (primary N) is 2. The zero-order valence-electron chi connectivity index (χ0n) is 10.9. The lowest BCUT2D eigenvalue weighted by Gasteiger charge is -2.13. The van der Waals surface area contributed by atoms with Gasteiger partial charge in [0.05, 0.1) is 5.56 Å². The van der Waals surface area contributed by atoms with Gasteiger partial charge in [-0.15, -0.1) is 0 Å². The van der Waals surface area contributed by atoms with E-state index in [2.05, 4.69) is 16.8 Å². The normalized spacial score (nSPS) is 10.1. The number of carbonyl (C=O) groups excluding carboxylic acids is 2. The van der Waals surface area contributed by atoms with Crippen LogP contribution in [-0.4, -0.2) is 31.1 Å². The van der Waals surface area contributed by atoms with Gasteiger partial charge >= 0.3 is 18.2 Å². The molecule has 1 aromatic rings. The largest absolute Gasteiger partial charge is 0.416 e. The van der Waals surface area contributed by atoms with Gasteiger partial charge in [0.2, 0.25) is 0 Å². The van der Waals surface area contributed by atoms with E-state index in [1.807, 2.05) is 0 Å². The van der Waals surface area contributed by atoms with Gasteiger partial charge in [-0.1, -0.05) is 6.07 Å². The average molecular weight is 292 g/mol. The Bertz CT molecular complexity index is 471. The Kier molecular flexibility index (Phi) is 6.33. The van der Waals surface area contributed by atoms with Crippen molar-refractivity contribution in [2.75, 3.05) is 19.4 Å². The zero-order chi connectivity index (χ0) is 15.9. The minimum atomic E-state index is -4.40. The standard InChI is InChI=1S/C10H11F3N2O.CH4N2O/c1-15(2)9(16)14-8-5-3-4-7(6-8)10(11,12)13;2-1(3)4/h3-6H,1-2H3,(H,14,16);(H4,2,3,4). The maximum absolute atomic E-state index is 12.3. The van der Waals surface area contributed by atoms with E-state index in [9.17, 15) is 18.0 Å². The molecule has 0 aliphatic carbocycles. The SMILES string of the molecule is CN(C)C(=O)Nc1cccc(C(F)(F)F)c1.NC(N)=O. The highest BCUT2D eigenvalue weighted by molar-refractivity contribution is 5.88. The molecule has 5 N–H and O–H groups in total. The van der Waals surface area contributed by atoms with Crippen molar-refractivity contribution in [2.24, 2.45) is 11.5 Å². The molecular weight excluding hydrogens is 277 g/mol. The summed E-state index contributed by atoms with van der Waals surface area (Å²) in [4.78, 5) is 21.4. The maximum Gasteiger partial charge on any atom is 0.416 e. The van der Waals surface area contributed by atoms with Crippen molar-refractivity contribution in [3.63, 3.8) is 0 Å². The van der Waals surface area contributed by atoms with Gasteiger partial charge in [-0.25, -0.2) is 9.59 Å². The number of nitrogens with one attached hydrogen (secondary N) is 1. The number of carbonyl (C=O) groups is 2. The molecule has 1 rings (SSSR count). The third-order valence-electron chi connectivity index (χ3n) is 1.85. The van der Waals surface area contributed by atoms with Gasteiger partial charge in [0, 0.05) is 19.8 Å². The first kappa shape index (κ1) is 17.6. The minimum absolute atomic E-state index is 0.119. The van der Waals surface area contributed by atoms with Gasteiger partial charge in [0.1, 0.15) is 0 Å². The molecule has 112 valence electrons. The highest BCUT2D eigenvalue weighted by Gasteiger charge is 2.30. The number of hydrogen-bond donors (Lipinski definition) is 3. The first-order valence-electron chi connectivity index (χ1n) is 5.24. The van der Waals surface area contributed by atoms with Crippen molar-refractivity contribution in [1.29, 1.82) is 0 Å². The molecule has 6 nitrogen and oxygen atoms in total. The second-order valence-electron chi connectivity index (χ2n) is 3.81. The molecule has 9 heteroatoms. The minimum Gasteiger partial charge on any atom is -0.352 e. The van der Waals surface area contributed by atoms with Crippen LogP contribution in [0, 0.1) is 0 Å². The van der Waals surface area contributed by atoms with E-state index in [0.717, 1.165) is 12.1 Å². The Labute approximate surface area is 113 Å². The van der Waals surface area contributed by atoms with Crippen molar-refractivity contribution in [1.82, 2.24) is 4.90 Å². The summed E-state index contributed by atoms with van der Waals surface area (Å²) in [6.45, 7) is 0. The average Bonchev–Trinajstić information content (AvgIpc) is 2.27. The number of nitrogens with zero attached hydrogens (tertiary/aromatic N) is 1. The summed E-state index contributed by atoms with van der Waals surface area (Å²) in [6.07, 6.45) is -4.40. The fraction of sp³-hybridized carbons (Fsp3) is 0.273. The molecule has 0 aliphatic heterocycles. The molecule has 0 aromatic heterocycles. The van der Waals surface area contributed by atoms with Crippen molar-refractivity contribution >= 4 is 17.7 Å². The molecule has 0 saturated heterocycles. The van der Waals surface area contributed by atoms with E-state index in [4.69, 9.17) is 4.79 Å². The van der Waals surface area contributed by atoms with Crippen LogP contribution in [-0.2, 0) is 6.18 Å². The van der Waals surface area contributed by atoms with Gasteiger partial charge in [0.25, 0.3) is 0 Å². The fourth-order valence-corrected chi connectivity index (χ4v) is 1.01. The van der Waals surface area contributed by atoms with Crippen LogP contribution >= 0.6 is 0 Å². The predicted molar refractivity (Wildman–Crippen MR) is 67.9 cm³/mol. The molecule has 0 fully saturated rings. The van der Waals surface area contributed by atoms with Crippen molar-refractivity contribution < 1.29 is 22.8 Å². The lowest BCUT2D eigenvalue weighted by Crippen LogP contribution is -2.27. The number of benzene rings is 1. The number of anilines is 1. The van der Waals surface area contributed by atoms with Crippen LogP contribution in [0.5, 0.6) is 0 Å². The highest BCUT2D eigenvalue weighted by atomic mass is 19.4. The zero-order valence-corrected chi connectivity index (χ0v) is 10.9. The van der Waals surface area contributed by atoms with E-state index in [-0.39, 0.29) is 5.69 Å². The molecular formula is C11H15F3N4O2. The van der Waals surface area contributed by atoms with Gasteiger partial charge < -0.3 is 21.7 Å². The van der Waals surface area contributed by atoms with Gasteiger partial charge in [-0.05, 0) is 18.2 Å². The summed E-state index contributed by atoms with van der Waals surface area (Å²) in [6, 6.07) is 3.18. The number of urea groups is 2. The van der Waals surface area contributed by atoms with Crippen LogP contribution < -0.4 is 16.8 Å². The smallest absolute Gasteiger partial charge is 0.352 e. The van der Waals surface area contributed by atoms with E-state index < -0.39 is 23.8 Å². The third kappa shape index (κ3) is 7.09. The number of amides is 4. The van der Waals surface area contributed by atoms with Crippen LogP contribution in [0.4, 0.5) is 28.4 Å². The van der Waals surface area contributed by atoms with Crippen molar-refractivity contribution in [3.8, 4) is 0 Å². The van der Waals surface area contributed by atoms with E-state index in [1.165, 1.54) is 31.1 Å². The van der Waals surface area contributed by atoms with Crippen LogP contribution in [0.25, 0.3) is 0 Å². The molecule has 0 spiro atoms. The molecule has 0 radical (unpaired) electrons. The number of rotatable bonds is 1. The summed E-state index contributed by atoms with van der Waals surface area (Å²) in [5.74, 6) is 0. The first-order chi connectivity index (χ1) is 9.04. The van der Waals surface area contributed by atoms with Gasteiger partial charge in [-0.2, -0.15) is 13.2 Å². The molecule has 0 unspecified atom stereocenters. The van der Waals surface area contributed by atoms with Crippen molar-refractivity contribution in [3.05, 3.63) is 29.8 Å². The molecule has 20 heavy (non-hydrogen) atoms. The molecule has 0 saturated carbocycles. The topological polar surface area (TPSA) is 101 Å². The second-order valence-corrected chi connectivity index (χ2v) is 3.81. The first-order valence-corrected chi connectivity index (χ1v) is 5.24. The molecule has 0 atom stereocenters. The van der Waals surface area contributed by atoms with Gasteiger partial charge in [-0.3, -0.25) is 0 Å². The number of primary amides is 2. The summed E-state index contributed by atoms with van der Waals surface area (Å²) in [5.41, 5.74) is 7.83. The predicted octanol–water partition coefficient (Wildman–Crippen LogP) is 1.82. The van der Waals surface area contributed by atoms with E-state index in [1.54, 1.807) is 0 Å². The Hall–Kier alpha value is -2.45. The van der Waals surface area contributed by atoms with E-state index >= 15 is 0 Å². The Balaban J connectivity index is 0.000000796. The van der Waals surface area contributed by atoms with Crippen molar-refractivity contribution in [2.45, 2.75) is 6.18 Å². The summed E-state index contributed by atoms with van der Waals surface area (Å²) in [7, 11) is 3.01. The molecule has 1 aromatic carbocycles. The Morgan fingerprint density at radius 3 is 2.10 bits per heavy atom. The second kappa shape index (κ2) is 7.22. The highest BCUT2D eigenvalue weighted by Crippen LogP contribution is 2.30. The number of halogens is 3. The molecule has 4 amide bonds. The Morgan fingerprint density at radius 1 is 1.20 bits per heavy atom. The summed E-state index contributed by atoms with van der Waals surface area (Å²) in [5, 5.41) is 2.34. The van der Waals surface area contributed by atoms with E-state index in [0.29, 0.717) is 0 Å². The molecule has 0 bridgehead atoms. The van der Waals surface area contributed by atoms with Crippen LogP contribution in [0.2, 0.25) is 0 Å². The number of alkyl halides is 3. The quantitative estimate of drug-likeness (QED) is 0.735. The fourth-order valence-electron chi connectivity index (χ4n) is 1.01. The Morgan fingerprint density at radius 2 is 1.70 bits per heavy atom. The van der Waals surface area contributed by atoms with Crippen LogP contribution in [0.3, 0.4) is 0 Å². The van der Waals surface area contributed by atoms with Crippen LogP contribution in [0.15, 0.2) is 24.3 Å². The lowest BCUT2D eigenvalue weighted by molar-refractivity contribution is -0.137. The lowest BCUT2D eigenvalue weighted by atomic mass is 10.2.